The third-order valence-corrected chi connectivity index (χ3v) is 14.4. The Morgan fingerprint density at radius 3 is 1.77 bits per heavy atom. The maximum Gasteiger partial charge on any atom is 0.153 e. The van der Waals surface area contributed by atoms with Crippen molar-refractivity contribution in [2.24, 2.45) is 0 Å². The van der Waals surface area contributed by atoms with E-state index in [2.05, 4.69) is 217 Å². The van der Waals surface area contributed by atoms with Crippen LogP contribution in [0.15, 0.2) is 194 Å². The highest BCUT2D eigenvalue weighted by Crippen LogP contribution is 2.65. The van der Waals surface area contributed by atoms with Crippen LogP contribution in [0.2, 0.25) is 0 Å². The molecule has 0 unspecified atom stereocenters. The number of hydrogen-bond acceptors (Lipinski definition) is 2. The third kappa shape index (κ3) is 4.04. The minimum absolute atomic E-state index is 0.183. The van der Waals surface area contributed by atoms with E-state index >= 15 is 0 Å². The largest absolute Gasteiger partial charge is 0.453 e. The molecule has 9 aromatic carbocycles. The molecule has 14 rings (SSSR count). The lowest BCUT2D eigenvalue weighted by atomic mass is 9.70. The van der Waals surface area contributed by atoms with Crippen LogP contribution in [0.25, 0.3) is 60.9 Å². The summed E-state index contributed by atoms with van der Waals surface area (Å²) in [7, 11) is 0. The first-order chi connectivity index (χ1) is 30.0. The van der Waals surface area contributed by atoms with Crippen LogP contribution in [0, 0.1) is 0 Å². The molecule has 1 aromatic heterocycles. The van der Waals surface area contributed by atoms with E-state index in [1.807, 2.05) is 0 Å². The zero-order valence-electron chi connectivity index (χ0n) is 33.8. The van der Waals surface area contributed by atoms with Gasteiger partial charge in [-0.2, -0.15) is 0 Å². The summed E-state index contributed by atoms with van der Waals surface area (Å²) in [6.45, 7) is 4.66. The molecule has 0 saturated carbocycles. The van der Waals surface area contributed by atoms with Crippen LogP contribution >= 0.6 is 0 Å². The monoisotopic (exact) mass is 778 g/mol. The van der Waals surface area contributed by atoms with Crippen molar-refractivity contribution < 1.29 is 4.74 Å². The summed E-state index contributed by atoms with van der Waals surface area (Å²) in [5.74, 6) is 1.74. The summed E-state index contributed by atoms with van der Waals surface area (Å²) in [6.07, 6.45) is 0. The molecule has 3 heterocycles. The highest BCUT2D eigenvalue weighted by Gasteiger charge is 2.52. The van der Waals surface area contributed by atoms with Crippen molar-refractivity contribution >= 4 is 38.9 Å². The van der Waals surface area contributed by atoms with Gasteiger partial charge in [0.15, 0.2) is 11.5 Å². The molecule has 2 aliphatic heterocycles. The van der Waals surface area contributed by atoms with Crippen molar-refractivity contribution in [3.8, 4) is 50.6 Å². The molecule has 0 saturated heterocycles. The topological polar surface area (TPSA) is 17.4 Å². The lowest BCUT2D eigenvalue weighted by Gasteiger charge is -2.44. The van der Waals surface area contributed by atoms with E-state index in [1.165, 1.54) is 83.2 Å². The second kappa shape index (κ2) is 11.6. The molecule has 1 spiro atoms. The zero-order valence-corrected chi connectivity index (χ0v) is 33.8. The van der Waals surface area contributed by atoms with Gasteiger partial charge in [0, 0.05) is 27.9 Å². The Labute approximate surface area is 354 Å². The molecule has 3 nitrogen and oxygen atoms in total. The predicted molar refractivity (Wildman–Crippen MR) is 249 cm³/mol. The molecule has 61 heavy (non-hydrogen) atoms. The Morgan fingerprint density at radius 2 is 1.00 bits per heavy atom. The molecule has 2 aliphatic carbocycles. The summed E-state index contributed by atoms with van der Waals surface area (Å²) in [4.78, 5) is 2.46. The van der Waals surface area contributed by atoms with Crippen molar-refractivity contribution in [1.82, 2.24) is 4.57 Å². The van der Waals surface area contributed by atoms with Gasteiger partial charge < -0.3 is 14.2 Å². The van der Waals surface area contributed by atoms with E-state index in [0.29, 0.717) is 0 Å². The van der Waals surface area contributed by atoms with Gasteiger partial charge in [-0.15, -0.1) is 0 Å². The lowest BCUT2D eigenvalue weighted by molar-refractivity contribution is 0.472. The summed E-state index contributed by atoms with van der Waals surface area (Å²) in [6, 6.07) is 72.1. The quantitative estimate of drug-likeness (QED) is 0.174. The van der Waals surface area contributed by atoms with Crippen molar-refractivity contribution in [2.45, 2.75) is 24.7 Å². The highest BCUT2D eigenvalue weighted by molar-refractivity contribution is 6.14. The van der Waals surface area contributed by atoms with Crippen molar-refractivity contribution in [3.05, 3.63) is 228 Å². The lowest BCUT2D eigenvalue weighted by Crippen LogP contribution is -2.32. The van der Waals surface area contributed by atoms with E-state index in [-0.39, 0.29) is 5.41 Å². The summed E-state index contributed by atoms with van der Waals surface area (Å²) < 4.78 is 9.35. The summed E-state index contributed by atoms with van der Waals surface area (Å²) in [5, 5.41) is 2.40. The average molecular weight is 779 g/mol. The third-order valence-electron chi connectivity index (χ3n) is 14.4. The molecule has 286 valence electrons. The van der Waals surface area contributed by atoms with Gasteiger partial charge in [0.05, 0.1) is 33.5 Å². The van der Waals surface area contributed by atoms with E-state index in [9.17, 15) is 0 Å². The number of anilines is 3. The SMILES string of the molecule is CC1(C)c2ccccc2N2c3cc4c5cc(-c6cccc7c6-c6ccccc6C76c7ccccc7-c7ccccc76)ccc5n(-c5ccccc5)c4cc3Oc3cccc1c32. The first-order valence-corrected chi connectivity index (χ1v) is 21.4. The molecule has 3 heteroatoms. The summed E-state index contributed by atoms with van der Waals surface area (Å²) >= 11 is 0. The maximum atomic E-state index is 6.95. The van der Waals surface area contributed by atoms with Crippen molar-refractivity contribution in [3.63, 3.8) is 0 Å². The van der Waals surface area contributed by atoms with Crippen LogP contribution in [0.1, 0.15) is 47.2 Å². The molecule has 0 radical (unpaired) electrons. The van der Waals surface area contributed by atoms with Crippen LogP contribution in [0.5, 0.6) is 11.5 Å². The number of fused-ring (bicyclic) bond motifs is 17. The molecule has 4 aliphatic rings. The Morgan fingerprint density at radius 1 is 0.410 bits per heavy atom. The Kier molecular flexibility index (Phi) is 6.30. The Bertz CT molecular complexity index is 3510. The average Bonchev–Trinajstić information content (AvgIpc) is 3.91. The first kappa shape index (κ1) is 33.2. The number of para-hydroxylation sites is 3. The Hall–Kier alpha value is -7.62. The molecular weight excluding hydrogens is 741 g/mol. The fourth-order valence-corrected chi connectivity index (χ4v) is 11.9. The predicted octanol–water partition coefficient (Wildman–Crippen LogP) is 15.0. The van der Waals surface area contributed by atoms with Gasteiger partial charge >= 0.3 is 0 Å². The standard InChI is InChI=1S/C58H38N2O/c1-57(2)46-25-12-13-28-50(46)60-52-33-42-41-32-35(30-31-49(41)59(36-16-4-3-5-17-36)51(42)34-54(52)61-53-29-15-27-48(57)56(53)60)37-21-14-26-47-55(37)40-20-8-11-24-45(40)58(47)43-22-9-6-18-38(43)39-19-7-10-23-44(39)58/h3-34H,1-2H3. The number of ether oxygens (including phenoxy) is 1. The van der Waals surface area contributed by atoms with Crippen LogP contribution in [0.4, 0.5) is 17.1 Å². The van der Waals surface area contributed by atoms with E-state index in [0.717, 1.165) is 39.6 Å². The van der Waals surface area contributed by atoms with Gasteiger partial charge in [-0.05, 0) is 109 Å². The number of benzene rings is 9. The highest BCUT2D eigenvalue weighted by atomic mass is 16.5. The van der Waals surface area contributed by atoms with Crippen LogP contribution in [-0.2, 0) is 10.8 Å². The fraction of sp³-hybridized carbons (Fsp3) is 0.0690. The first-order valence-electron chi connectivity index (χ1n) is 21.4. The van der Waals surface area contributed by atoms with Gasteiger partial charge in [0.1, 0.15) is 0 Å². The van der Waals surface area contributed by atoms with Crippen molar-refractivity contribution in [1.29, 1.82) is 0 Å². The van der Waals surface area contributed by atoms with Gasteiger partial charge in [0.25, 0.3) is 0 Å². The van der Waals surface area contributed by atoms with Crippen LogP contribution in [0.3, 0.4) is 0 Å². The van der Waals surface area contributed by atoms with Crippen molar-refractivity contribution in [2.75, 3.05) is 4.90 Å². The molecule has 0 N–H and O–H groups in total. The smallest absolute Gasteiger partial charge is 0.153 e. The number of rotatable bonds is 2. The zero-order chi connectivity index (χ0) is 40.2. The number of aromatic nitrogens is 1. The van der Waals surface area contributed by atoms with Crippen LogP contribution < -0.4 is 9.64 Å². The minimum atomic E-state index is -0.393. The molecular formula is C58H38N2O. The molecule has 0 fully saturated rings. The maximum absolute atomic E-state index is 6.95. The molecule has 10 aromatic rings. The molecule has 0 atom stereocenters. The van der Waals surface area contributed by atoms with Gasteiger partial charge in [-0.3, -0.25) is 0 Å². The minimum Gasteiger partial charge on any atom is -0.453 e. The normalized spacial score (nSPS) is 15.1. The second-order valence-electron chi connectivity index (χ2n) is 17.6. The number of nitrogens with zero attached hydrogens (tertiary/aromatic N) is 2. The fourth-order valence-electron chi connectivity index (χ4n) is 11.9. The van der Waals surface area contributed by atoms with Gasteiger partial charge in [-0.25, -0.2) is 0 Å². The van der Waals surface area contributed by atoms with E-state index in [4.69, 9.17) is 4.74 Å². The van der Waals surface area contributed by atoms with Crippen LogP contribution in [-0.4, -0.2) is 4.57 Å². The van der Waals surface area contributed by atoms with Gasteiger partial charge in [0.2, 0.25) is 0 Å². The van der Waals surface area contributed by atoms with E-state index < -0.39 is 5.41 Å². The van der Waals surface area contributed by atoms with E-state index in [1.54, 1.807) is 0 Å². The summed E-state index contributed by atoms with van der Waals surface area (Å²) in [5.41, 5.74) is 21.9. The van der Waals surface area contributed by atoms with Gasteiger partial charge in [-0.1, -0.05) is 159 Å². The second-order valence-corrected chi connectivity index (χ2v) is 17.6. The molecule has 0 amide bonds. The molecule has 0 bridgehead atoms. The Balaban J connectivity index is 1.04. The number of hydrogen-bond donors (Lipinski definition) is 0.